The average Bonchev–Trinajstić information content (AvgIpc) is 2.08. The summed E-state index contributed by atoms with van der Waals surface area (Å²) in [6, 6.07) is 1.49. The summed E-state index contributed by atoms with van der Waals surface area (Å²) in [4.78, 5) is 11.4. The minimum absolute atomic E-state index is 0.100. The van der Waals surface area contributed by atoms with E-state index in [2.05, 4.69) is 31.9 Å². The second-order valence-corrected chi connectivity index (χ2v) is 11.0. The molecule has 1 aliphatic heterocycles. The van der Waals surface area contributed by atoms with Crippen LogP contribution in [0.25, 0.3) is 0 Å². The number of nitrogens with one attached hydrogen (secondary N) is 1. The molecule has 1 atom stereocenters. The third kappa shape index (κ3) is 4.09. The summed E-state index contributed by atoms with van der Waals surface area (Å²) in [5.74, 6) is 0.100. The highest BCUT2D eigenvalue weighted by Crippen LogP contribution is 2.22. The van der Waals surface area contributed by atoms with Crippen molar-refractivity contribution in [3.8, 4) is 0 Å². The molecule has 0 unspecified atom stereocenters. The van der Waals surface area contributed by atoms with Crippen molar-refractivity contribution >= 4 is 14.0 Å². The standard InChI is InChI=1S/C11H21NOSi/c1-9-5-6-10(7-11(13)12-9)8-14(2,3)4/h7,9H,5-6,8H2,1-4H3,(H,12,13)/t9-/m0/s1. The average molecular weight is 211 g/mol. The topological polar surface area (TPSA) is 29.1 Å². The fraction of sp³-hybridized carbons (Fsp3) is 0.727. The van der Waals surface area contributed by atoms with E-state index in [0.717, 1.165) is 18.9 Å². The molecule has 0 aromatic heterocycles. The fourth-order valence-electron chi connectivity index (χ4n) is 1.84. The third-order valence-electron chi connectivity index (χ3n) is 2.38. The zero-order chi connectivity index (χ0) is 10.8. The lowest BCUT2D eigenvalue weighted by Gasteiger charge is -2.17. The Labute approximate surface area is 87.8 Å². The van der Waals surface area contributed by atoms with Crippen LogP contribution in [0.1, 0.15) is 19.8 Å². The van der Waals surface area contributed by atoms with Crippen molar-refractivity contribution in [2.75, 3.05) is 0 Å². The molecule has 0 aliphatic carbocycles. The summed E-state index contributed by atoms with van der Waals surface area (Å²) in [6.45, 7) is 9.11. The van der Waals surface area contributed by atoms with Crippen molar-refractivity contribution in [2.45, 2.75) is 51.5 Å². The van der Waals surface area contributed by atoms with E-state index in [0.29, 0.717) is 6.04 Å². The van der Waals surface area contributed by atoms with Gasteiger partial charge in [-0.25, -0.2) is 0 Å². The van der Waals surface area contributed by atoms with Gasteiger partial charge in [0, 0.05) is 20.2 Å². The van der Waals surface area contributed by atoms with E-state index in [9.17, 15) is 4.79 Å². The second-order valence-electron chi connectivity index (χ2n) is 5.49. The van der Waals surface area contributed by atoms with Crippen LogP contribution in [0, 0.1) is 0 Å². The first kappa shape index (κ1) is 11.5. The Bertz CT molecular complexity index is 253. The molecule has 2 nitrogen and oxygen atoms in total. The van der Waals surface area contributed by atoms with E-state index >= 15 is 0 Å². The molecule has 0 radical (unpaired) electrons. The van der Waals surface area contributed by atoms with Gasteiger partial charge in [-0.1, -0.05) is 25.2 Å². The number of rotatable bonds is 2. The van der Waals surface area contributed by atoms with Crippen molar-refractivity contribution in [2.24, 2.45) is 0 Å². The maximum absolute atomic E-state index is 11.4. The van der Waals surface area contributed by atoms with Gasteiger partial charge >= 0.3 is 0 Å². The number of amides is 1. The number of carbonyl (C=O) groups excluding carboxylic acids is 1. The molecule has 1 N–H and O–H groups in total. The molecule has 1 heterocycles. The molecule has 1 amide bonds. The molecular formula is C11H21NOSi. The summed E-state index contributed by atoms with van der Waals surface area (Å²) < 4.78 is 0. The Morgan fingerprint density at radius 1 is 1.50 bits per heavy atom. The fourth-order valence-corrected chi connectivity index (χ4v) is 3.48. The first-order valence-corrected chi connectivity index (χ1v) is 9.07. The highest BCUT2D eigenvalue weighted by molar-refractivity contribution is 6.76. The molecule has 0 bridgehead atoms. The summed E-state index contributed by atoms with van der Waals surface area (Å²) >= 11 is 0. The minimum Gasteiger partial charge on any atom is -0.350 e. The lowest BCUT2D eigenvalue weighted by atomic mass is 10.1. The van der Waals surface area contributed by atoms with E-state index in [1.54, 1.807) is 0 Å². The minimum atomic E-state index is -1.07. The highest BCUT2D eigenvalue weighted by atomic mass is 28.3. The van der Waals surface area contributed by atoms with Crippen LogP contribution >= 0.6 is 0 Å². The van der Waals surface area contributed by atoms with Crippen LogP contribution in [0.15, 0.2) is 11.6 Å². The molecule has 0 aromatic rings. The van der Waals surface area contributed by atoms with Gasteiger partial charge < -0.3 is 5.32 Å². The van der Waals surface area contributed by atoms with Crippen molar-refractivity contribution in [1.82, 2.24) is 5.32 Å². The SMILES string of the molecule is C[C@H]1CCC(C[Si](C)(C)C)=CC(=O)N1. The van der Waals surface area contributed by atoms with Gasteiger partial charge in [-0.15, -0.1) is 0 Å². The summed E-state index contributed by atoms with van der Waals surface area (Å²) in [5.41, 5.74) is 1.35. The van der Waals surface area contributed by atoms with E-state index < -0.39 is 8.07 Å². The Morgan fingerprint density at radius 3 is 2.71 bits per heavy atom. The summed E-state index contributed by atoms with van der Waals surface area (Å²) in [5, 5.41) is 2.96. The number of hydrogen-bond donors (Lipinski definition) is 1. The zero-order valence-electron chi connectivity index (χ0n) is 9.68. The molecule has 0 aromatic carbocycles. The lowest BCUT2D eigenvalue weighted by molar-refractivity contribution is -0.117. The van der Waals surface area contributed by atoms with Gasteiger partial charge in [-0.2, -0.15) is 0 Å². The highest BCUT2D eigenvalue weighted by Gasteiger charge is 2.19. The molecule has 0 saturated carbocycles. The molecule has 0 saturated heterocycles. The Kier molecular flexibility index (Phi) is 3.53. The van der Waals surface area contributed by atoms with Gasteiger partial charge in [0.05, 0.1) is 0 Å². The van der Waals surface area contributed by atoms with Gasteiger partial charge in [-0.05, 0) is 25.8 Å². The molecule has 0 fully saturated rings. The van der Waals surface area contributed by atoms with Gasteiger partial charge in [0.1, 0.15) is 0 Å². The van der Waals surface area contributed by atoms with Crippen LogP contribution < -0.4 is 5.32 Å². The Hall–Kier alpha value is -0.573. The van der Waals surface area contributed by atoms with Crippen molar-refractivity contribution in [1.29, 1.82) is 0 Å². The van der Waals surface area contributed by atoms with Gasteiger partial charge in [0.2, 0.25) is 5.91 Å². The van der Waals surface area contributed by atoms with Crippen LogP contribution in [-0.4, -0.2) is 20.0 Å². The number of carbonyl (C=O) groups is 1. The van der Waals surface area contributed by atoms with Crippen LogP contribution in [0.5, 0.6) is 0 Å². The van der Waals surface area contributed by atoms with E-state index in [1.165, 1.54) is 5.57 Å². The van der Waals surface area contributed by atoms with Crippen molar-refractivity contribution < 1.29 is 4.79 Å². The largest absolute Gasteiger partial charge is 0.350 e. The van der Waals surface area contributed by atoms with Crippen LogP contribution in [0.4, 0.5) is 0 Å². The quantitative estimate of drug-likeness (QED) is 0.699. The Balaban J connectivity index is 2.65. The van der Waals surface area contributed by atoms with E-state index in [-0.39, 0.29) is 5.91 Å². The molecule has 1 rings (SSSR count). The molecular weight excluding hydrogens is 190 g/mol. The molecule has 0 spiro atoms. The monoisotopic (exact) mass is 211 g/mol. The Morgan fingerprint density at radius 2 is 2.14 bits per heavy atom. The van der Waals surface area contributed by atoms with E-state index in [4.69, 9.17) is 0 Å². The predicted octanol–water partition coefficient (Wildman–Crippen LogP) is 2.55. The van der Waals surface area contributed by atoms with Crippen LogP contribution in [0.3, 0.4) is 0 Å². The van der Waals surface area contributed by atoms with Gasteiger partial charge in [-0.3, -0.25) is 4.79 Å². The molecule has 1 aliphatic rings. The summed E-state index contributed by atoms with van der Waals surface area (Å²) in [7, 11) is -1.07. The van der Waals surface area contributed by atoms with Crippen LogP contribution in [0.2, 0.25) is 25.7 Å². The lowest BCUT2D eigenvalue weighted by Crippen LogP contribution is -2.29. The second kappa shape index (κ2) is 4.30. The molecule has 80 valence electrons. The predicted molar refractivity (Wildman–Crippen MR) is 63.1 cm³/mol. The van der Waals surface area contributed by atoms with Gasteiger partial charge in [0.25, 0.3) is 0 Å². The number of allylic oxidation sites excluding steroid dienone is 1. The molecule has 3 heteroatoms. The third-order valence-corrected chi connectivity index (χ3v) is 3.89. The van der Waals surface area contributed by atoms with Crippen molar-refractivity contribution in [3.05, 3.63) is 11.6 Å². The van der Waals surface area contributed by atoms with Crippen molar-refractivity contribution in [3.63, 3.8) is 0 Å². The first-order valence-electron chi connectivity index (χ1n) is 5.37. The van der Waals surface area contributed by atoms with Crippen LogP contribution in [-0.2, 0) is 4.79 Å². The summed E-state index contributed by atoms with van der Waals surface area (Å²) in [6.07, 6.45) is 3.99. The number of hydrogen-bond acceptors (Lipinski definition) is 1. The smallest absolute Gasteiger partial charge is 0.244 e. The normalized spacial score (nSPS) is 23.9. The first-order chi connectivity index (χ1) is 6.37. The molecule has 14 heavy (non-hydrogen) atoms. The van der Waals surface area contributed by atoms with E-state index in [1.807, 2.05) is 6.08 Å². The zero-order valence-corrected chi connectivity index (χ0v) is 10.7. The maximum Gasteiger partial charge on any atom is 0.244 e. The maximum atomic E-state index is 11.4. The van der Waals surface area contributed by atoms with Gasteiger partial charge in [0.15, 0.2) is 0 Å².